The third-order valence-electron chi connectivity index (χ3n) is 3.87. The van der Waals surface area contributed by atoms with Gasteiger partial charge in [-0.1, -0.05) is 41.7 Å². The van der Waals surface area contributed by atoms with Crippen molar-refractivity contribution in [2.45, 2.75) is 0 Å². The predicted molar refractivity (Wildman–Crippen MR) is 103 cm³/mol. The molecule has 2 heterocycles. The largest absolute Gasteiger partial charge is 0.422 e. The molecular weight excluding hydrogens is 350 g/mol. The fourth-order valence-electron chi connectivity index (χ4n) is 2.61. The Morgan fingerprint density at radius 2 is 1.88 bits per heavy atom. The van der Waals surface area contributed by atoms with E-state index in [4.69, 9.17) is 4.42 Å². The van der Waals surface area contributed by atoms with Crippen LogP contribution in [0.15, 0.2) is 63.8 Å². The number of thiazole rings is 1. The number of anilines is 1. The molecule has 0 saturated heterocycles. The first-order valence-electron chi connectivity index (χ1n) is 8.11. The Balaban J connectivity index is 1.38. The summed E-state index contributed by atoms with van der Waals surface area (Å²) in [5.74, 6) is -0.449. The molecule has 7 heteroatoms. The van der Waals surface area contributed by atoms with Crippen molar-refractivity contribution in [2.75, 3.05) is 18.4 Å². The number of aromatic nitrogens is 1. The Labute approximate surface area is 152 Å². The van der Waals surface area contributed by atoms with Gasteiger partial charge in [-0.15, -0.1) is 0 Å². The standard InChI is InChI=1S/C19H15N3O3S/c23-17(13-11-12-5-1-3-7-15(12)25-18(13)24)20-9-10-21-19-22-14-6-2-4-8-16(14)26-19/h1-8,11H,9-10H2,(H,20,23)(H,21,22). The number of rotatable bonds is 5. The van der Waals surface area contributed by atoms with E-state index in [1.807, 2.05) is 30.3 Å². The molecule has 0 unspecified atom stereocenters. The predicted octanol–water partition coefficient (Wildman–Crippen LogP) is 3.24. The average molecular weight is 365 g/mol. The number of fused-ring (bicyclic) bond motifs is 2. The lowest BCUT2D eigenvalue weighted by Gasteiger charge is -2.06. The van der Waals surface area contributed by atoms with Crippen LogP contribution in [0, 0.1) is 0 Å². The monoisotopic (exact) mass is 365 g/mol. The maximum Gasteiger partial charge on any atom is 0.349 e. The summed E-state index contributed by atoms with van der Waals surface area (Å²) < 4.78 is 6.29. The molecule has 2 aromatic carbocycles. The first-order chi connectivity index (χ1) is 12.7. The van der Waals surface area contributed by atoms with E-state index in [9.17, 15) is 9.59 Å². The van der Waals surface area contributed by atoms with Gasteiger partial charge in [-0.2, -0.15) is 0 Å². The molecule has 0 atom stereocenters. The van der Waals surface area contributed by atoms with Crippen LogP contribution in [0.25, 0.3) is 21.2 Å². The highest BCUT2D eigenvalue weighted by Crippen LogP contribution is 2.24. The highest BCUT2D eigenvalue weighted by Gasteiger charge is 2.13. The van der Waals surface area contributed by atoms with Gasteiger partial charge in [-0.25, -0.2) is 9.78 Å². The molecule has 0 fully saturated rings. The SMILES string of the molecule is O=C(NCCNc1nc2ccccc2s1)c1cc2ccccc2oc1=O. The molecule has 4 rings (SSSR count). The summed E-state index contributed by atoms with van der Waals surface area (Å²) in [6.45, 7) is 0.867. The minimum absolute atomic E-state index is 0.00341. The normalized spacial score (nSPS) is 10.9. The van der Waals surface area contributed by atoms with E-state index in [0.29, 0.717) is 24.1 Å². The fourth-order valence-corrected chi connectivity index (χ4v) is 3.50. The molecule has 1 amide bonds. The highest BCUT2D eigenvalue weighted by molar-refractivity contribution is 7.22. The summed E-state index contributed by atoms with van der Waals surface area (Å²) in [6, 6.07) is 16.5. The Kier molecular flexibility index (Phi) is 4.37. The zero-order chi connectivity index (χ0) is 17.9. The van der Waals surface area contributed by atoms with Gasteiger partial charge >= 0.3 is 5.63 Å². The van der Waals surface area contributed by atoms with Crippen molar-refractivity contribution in [2.24, 2.45) is 0 Å². The van der Waals surface area contributed by atoms with E-state index >= 15 is 0 Å². The number of carbonyl (C=O) groups is 1. The van der Waals surface area contributed by atoms with Crippen molar-refractivity contribution in [1.29, 1.82) is 0 Å². The minimum Gasteiger partial charge on any atom is -0.422 e. The summed E-state index contributed by atoms with van der Waals surface area (Å²) in [5.41, 5.74) is 0.772. The Bertz CT molecular complexity index is 1120. The number of para-hydroxylation sites is 2. The molecule has 6 nitrogen and oxygen atoms in total. The quantitative estimate of drug-likeness (QED) is 0.419. The summed E-state index contributed by atoms with van der Waals surface area (Å²) in [7, 11) is 0. The Morgan fingerprint density at radius 3 is 2.77 bits per heavy atom. The van der Waals surface area contributed by atoms with Gasteiger partial charge in [0.25, 0.3) is 5.91 Å². The van der Waals surface area contributed by atoms with Gasteiger partial charge < -0.3 is 15.1 Å². The van der Waals surface area contributed by atoms with E-state index in [1.165, 1.54) is 0 Å². The van der Waals surface area contributed by atoms with E-state index in [1.54, 1.807) is 35.6 Å². The van der Waals surface area contributed by atoms with Crippen LogP contribution in [0.4, 0.5) is 5.13 Å². The van der Waals surface area contributed by atoms with Crippen LogP contribution in [0.5, 0.6) is 0 Å². The van der Waals surface area contributed by atoms with Gasteiger partial charge in [0.1, 0.15) is 11.1 Å². The lowest BCUT2D eigenvalue weighted by molar-refractivity contribution is 0.0951. The second-order valence-corrected chi connectivity index (χ2v) is 6.69. The van der Waals surface area contributed by atoms with Crippen molar-refractivity contribution < 1.29 is 9.21 Å². The molecule has 0 aliphatic carbocycles. The second-order valence-electron chi connectivity index (χ2n) is 5.65. The number of nitrogens with zero attached hydrogens (tertiary/aromatic N) is 1. The molecule has 26 heavy (non-hydrogen) atoms. The Hall–Kier alpha value is -3.19. The van der Waals surface area contributed by atoms with Crippen LogP contribution >= 0.6 is 11.3 Å². The molecule has 2 aromatic heterocycles. The molecule has 0 spiro atoms. The van der Waals surface area contributed by atoms with Crippen molar-refractivity contribution >= 4 is 43.6 Å². The van der Waals surface area contributed by atoms with Gasteiger partial charge in [0.2, 0.25) is 0 Å². The molecule has 0 radical (unpaired) electrons. The zero-order valence-electron chi connectivity index (χ0n) is 13.7. The fraction of sp³-hybridized carbons (Fsp3) is 0.105. The lowest BCUT2D eigenvalue weighted by atomic mass is 10.2. The van der Waals surface area contributed by atoms with Crippen molar-refractivity contribution in [3.63, 3.8) is 0 Å². The number of carbonyl (C=O) groups excluding carboxylic acids is 1. The molecule has 0 aliphatic rings. The summed E-state index contributed by atoms with van der Waals surface area (Å²) in [5, 5.41) is 7.41. The molecule has 2 N–H and O–H groups in total. The van der Waals surface area contributed by atoms with Crippen molar-refractivity contribution in [1.82, 2.24) is 10.3 Å². The van der Waals surface area contributed by atoms with Crippen LogP contribution in [0.1, 0.15) is 10.4 Å². The highest BCUT2D eigenvalue weighted by atomic mass is 32.1. The van der Waals surface area contributed by atoms with Gasteiger partial charge in [0.15, 0.2) is 5.13 Å². The number of benzene rings is 2. The summed E-state index contributed by atoms with van der Waals surface area (Å²) >= 11 is 1.56. The topological polar surface area (TPSA) is 84.2 Å². The number of amides is 1. The number of nitrogens with one attached hydrogen (secondary N) is 2. The second kappa shape index (κ2) is 6.97. The first kappa shape index (κ1) is 16.3. The molecular formula is C19H15N3O3S. The summed E-state index contributed by atoms with van der Waals surface area (Å²) in [4.78, 5) is 28.7. The zero-order valence-corrected chi connectivity index (χ0v) is 14.5. The number of hydrogen-bond acceptors (Lipinski definition) is 6. The van der Waals surface area contributed by atoms with E-state index < -0.39 is 11.5 Å². The van der Waals surface area contributed by atoms with Gasteiger partial charge in [0.05, 0.1) is 10.2 Å². The lowest BCUT2D eigenvalue weighted by Crippen LogP contribution is -2.32. The van der Waals surface area contributed by atoms with Crippen LogP contribution < -0.4 is 16.3 Å². The molecule has 4 aromatic rings. The van der Waals surface area contributed by atoms with E-state index in [2.05, 4.69) is 15.6 Å². The molecule has 0 bridgehead atoms. The van der Waals surface area contributed by atoms with Crippen molar-refractivity contribution in [3.05, 3.63) is 70.6 Å². The smallest absolute Gasteiger partial charge is 0.349 e. The average Bonchev–Trinajstić information content (AvgIpc) is 3.07. The molecule has 0 aliphatic heterocycles. The van der Waals surface area contributed by atoms with Crippen molar-refractivity contribution in [3.8, 4) is 0 Å². The van der Waals surface area contributed by atoms with E-state index in [0.717, 1.165) is 15.3 Å². The van der Waals surface area contributed by atoms with Crippen LogP contribution in [-0.2, 0) is 0 Å². The van der Waals surface area contributed by atoms with E-state index in [-0.39, 0.29) is 5.56 Å². The van der Waals surface area contributed by atoms with Gasteiger partial charge in [-0.05, 0) is 24.3 Å². The minimum atomic E-state index is -0.639. The van der Waals surface area contributed by atoms with Crippen LogP contribution in [-0.4, -0.2) is 24.0 Å². The van der Waals surface area contributed by atoms with Gasteiger partial charge in [-0.3, -0.25) is 4.79 Å². The maximum atomic E-state index is 12.2. The van der Waals surface area contributed by atoms with Crippen LogP contribution in [0.2, 0.25) is 0 Å². The molecule has 0 saturated carbocycles. The maximum absolute atomic E-state index is 12.2. The van der Waals surface area contributed by atoms with Gasteiger partial charge in [0, 0.05) is 18.5 Å². The van der Waals surface area contributed by atoms with Crippen LogP contribution in [0.3, 0.4) is 0 Å². The number of hydrogen-bond donors (Lipinski definition) is 2. The third-order valence-corrected chi connectivity index (χ3v) is 4.86. The third kappa shape index (κ3) is 3.29. The molecule has 130 valence electrons. The Morgan fingerprint density at radius 1 is 1.08 bits per heavy atom. The first-order valence-corrected chi connectivity index (χ1v) is 8.93. The summed E-state index contributed by atoms with van der Waals surface area (Å²) in [6.07, 6.45) is 0.